The van der Waals surface area contributed by atoms with E-state index in [9.17, 15) is 24.6 Å². The van der Waals surface area contributed by atoms with Crippen molar-refractivity contribution in [3.8, 4) is 0 Å². The van der Waals surface area contributed by atoms with Crippen LogP contribution in [0.15, 0.2) is 12.2 Å². The second-order valence-corrected chi connectivity index (χ2v) is 10.2. The van der Waals surface area contributed by atoms with Crippen LogP contribution in [0, 0.1) is 29.1 Å². The largest absolute Gasteiger partial charge is 0.461 e. The summed E-state index contributed by atoms with van der Waals surface area (Å²) in [6.07, 6.45) is -3.41. The van der Waals surface area contributed by atoms with Crippen molar-refractivity contribution in [1.82, 2.24) is 0 Å². The van der Waals surface area contributed by atoms with E-state index in [1.165, 1.54) is 0 Å². The predicted octanol–water partition coefficient (Wildman–Crippen LogP) is 1.76. The maximum absolute atomic E-state index is 12.6. The number of esters is 3. The predicted molar refractivity (Wildman–Crippen MR) is 109 cm³/mol. The first-order chi connectivity index (χ1) is 14.2. The lowest BCUT2D eigenvalue weighted by Crippen LogP contribution is -2.72. The van der Waals surface area contributed by atoms with Crippen molar-refractivity contribution in [2.75, 3.05) is 0 Å². The minimum atomic E-state index is -1.35. The monoisotopic (exact) mass is 438 g/mol. The third-order valence-electron chi connectivity index (χ3n) is 7.29. The first-order valence-corrected chi connectivity index (χ1v) is 10.9. The Morgan fingerprint density at radius 1 is 1.13 bits per heavy atom. The molecule has 0 radical (unpaired) electrons. The fraction of sp³-hybridized carbons (Fsp3) is 0.783. The van der Waals surface area contributed by atoms with Crippen molar-refractivity contribution in [1.29, 1.82) is 0 Å². The van der Waals surface area contributed by atoms with Crippen LogP contribution in [0.1, 0.15) is 54.4 Å². The van der Waals surface area contributed by atoms with Gasteiger partial charge in [-0.1, -0.05) is 41.2 Å². The second kappa shape index (κ2) is 7.89. The Morgan fingerprint density at radius 3 is 2.23 bits per heavy atom. The third-order valence-corrected chi connectivity index (χ3v) is 7.29. The summed E-state index contributed by atoms with van der Waals surface area (Å²) in [4.78, 5) is 37.4. The molecule has 3 fully saturated rings. The van der Waals surface area contributed by atoms with Gasteiger partial charge in [-0.25, -0.2) is 4.79 Å². The lowest BCUT2D eigenvalue weighted by atomic mass is 9.49. The van der Waals surface area contributed by atoms with Crippen molar-refractivity contribution >= 4 is 17.9 Å². The van der Waals surface area contributed by atoms with E-state index in [1.807, 2.05) is 0 Å². The second-order valence-electron chi connectivity index (χ2n) is 10.2. The van der Waals surface area contributed by atoms with Crippen LogP contribution in [-0.4, -0.2) is 58.1 Å². The molecular weight excluding hydrogens is 404 g/mol. The van der Waals surface area contributed by atoms with Crippen molar-refractivity contribution in [3.63, 3.8) is 0 Å². The molecule has 0 aromatic heterocycles. The first kappa shape index (κ1) is 23.7. The summed E-state index contributed by atoms with van der Waals surface area (Å²) in [6.45, 7) is 13.9. The van der Waals surface area contributed by atoms with Gasteiger partial charge in [-0.15, -0.1) is 0 Å². The average molecular weight is 439 g/mol. The van der Waals surface area contributed by atoms with Crippen LogP contribution in [0.2, 0.25) is 0 Å². The molecule has 0 unspecified atom stereocenters. The van der Waals surface area contributed by atoms with Gasteiger partial charge in [0.05, 0.1) is 23.4 Å². The Balaban J connectivity index is 2.13. The molecule has 2 aliphatic carbocycles. The molecule has 1 aliphatic heterocycles. The highest BCUT2D eigenvalue weighted by Crippen LogP contribution is 2.60. The van der Waals surface area contributed by atoms with Gasteiger partial charge in [0.1, 0.15) is 24.4 Å². The molecule has 3 rings (SSSR count). The SMILES string of the molecule is C=C1C(=O)O[C@H]2[C@@H]1[C@H](OC(=O)C(C)C)[C@@H]1[C@@](C)([C@@H](OC(=O)C(C)C)CC[C@@]1(C)O)[C@H]2O. The molecule has 0 aromatic rings. The summed E-state index contributed by atoms with van der Waals surface area (Å²) in [6, 6.07) is 0. The molecule has 2 saturated carbocycles. The third kappa shape index (κ3) is 3.67. The molecular formula is C23H34O8. The molecule has 0 spiro atoms. The average Bonchev–Trinajstić information content (AvgIpc) is 2.96. The summed E-state index contributed by atoms with van der Waals surface area (Å²) < 4.78 is 17.1. The highest BCUT2D eigenvalue weighted by atomic mass is 16.6. The van der Waals surface area contributed by atoms with E-state index in [0.717, 1.165) is 0 Å². The highest BCUT2D eigenvalue weighted by molar-refractivity contribution is 5.91. The Hall–Kier alpha value is -1.93. The summed E-state index contributed by atoms with van der Waals surface area (Å²) in [5, 5.41) is 22.8. The standard InChI is InChI=1S/C23H34O8/c1-10(2)19(25)29-13-8-9-22(6,28)17-15(30-20(26)11(3)4)14-12(5)21(27)31-16(14)18(24)23(13,17)7/h10-11,13-18,24,28H,5,8-9H2,1-4,6-7H3/t13-,14-,15-,16-,17-,18-,22+,23+/m0/s1. The van der Waals surface area contributed by atoms with Gasteiger partial charge in [-0.3, -0.25) is 9.59 Å². The van der Waals surface area contributed by atoms with Gasteiger partial charge < -0.3 is 24.4 Å². The molecule has 8 atom stereocenters. The number of rotatable bonds is 4. The van der Waals surface area contributed by atoms with Crippen molar-refractivity contribution < 1.29 is 38.8 Å². The van der Waals surface area contributed by atoms with Gasteiger partial charge in [0.25, 0.3) is 0 Å². The van der Waals surface area contributed by atoms with Gasteiger partial charge >= 0.3 is 17.9 Å². The molecule has 2 N–H and O–H groups in total. The van der Waals surface area contributed by atoms with Crippen LogP contribution < -0.4 is 0 Å². The number of ether oxygens (including phenoxy) is 3. The van der Waals surface area contributed by atoms with Crippen LogP contribution in [0.4, 0.5) is 0 Å². The molecule has 174 valence electrons. The Kier molecular flexibility index (Phi) is 6.04. The number of carbonyl (C=O) groups is 3. The molecule has 1 saturated heterocycles. The van der Waals surface area contributed by atoms with E-state index in [0.29, 0.717) is 6.42 Å². The fourth-order valence-electron chi connectivity index (χ4n) is 5.53. The molecule has 0 aromatic carbocycles. The van der Waals surface area contributed by atoms with Crippen molar-refractivity contribution in [3.05, 3.63) is 12.2 Å². The van der Waals surface area contributed by atoms with E-state index in [-0.39, 0.29) is 17.9 Å². The molecule has 0 bridgehead atoms. The van der Waals surface area contributed by atoms with Gasteiger partial charge in [-0.05, 0) is 19.8 Å². The van der Waals surface area contributed by atoms with E-state index < -0.39 is 71.1 Å². The van der Waals surface area contributed by atoms with Crippen molar-refractivity contribution in [2.24, 2.45) is 29.1 Å². The molecule has 8 nitrogen and oxygen atoms in total. The normalized spacial score (nSPS) is 42.1. The zero-order valence-electron chi connectivity index (χ0n) is 19.1. The molecule has 31 heavy (non-hydrogen) atoms. The quantitative estimate of drug-likeness (QED) is 0.387. The molecule has 0 amide bonds. The van der Waals surface area contributed by atoms with Gasteiger partial charge in [0.2, 0.25) is 0 Å². The zero-order chi connectivity index (χ0) is 23.5. The lowest BCUT2D eigenvalue weighted by molar-refractivity contribution is -0.277. The van der Waals surface area contributed by atoms with Gasteiger partial charge in [0.15, 0.2) is 0 Å². The topological polar surface area (TPSA) is 119 Å². The summed E-state index contributed by atoms with van der Waals surface area (Å²) in [7, 11) is 0. The lowest BCUT2D eigenvalue weighted by Gasteiger charge is -2.61. The van der Waals surface area contributed by atoms with Crippen LogP contribution in [-0.2, 0) is 28.6 Å². The maximum atomic E-state index is 12.6. The van der Waals surface area contributed by atoms with Gasteiger partial charge in [-0.2, -0.15) is 0 Å². The van der Waals surface area contributed by atoms with Crippen molar-refractivity contribution in [2.45, 2.75) is 84.4 Å². The molecule has 1 heterocycles. The van der Waals surface area contributed by atoms with E-state index in [4.69, 9.17) is 14.2 Å². The molecule has 8 heteroatoms. The number of aliphatic hydroxyl groups is 2. The Labute approximate surface area is 182 Å². The van der Waals surface area contributed by atoms with Crippen LogP contribution in [0.5, 0.6) is 0 Å². The Bertz CT molecular complexity index is 784. The number of aliphatic hydroxyl groups excluding tert-OH is 1. The van der Waals surface area contributed by atoms with E-state index in [2.05, 4.69) is 6.58 Å². The zero-order valence-corrected chi connectivity index (χ0v) is 19.1. The smallest absolute Gasteiger partial charge is 0.334 e. The highest BCUT2D eigenvalue weighted by Gasteiger charge is 2.71. The Morgan fingerprint density at radius 2 is 1.68 bits per heavy atom. The number of hydrogen-bond donors (Lipinski definition) is 2. The maximum Gasteiger partial charge on any atom is 0.334 e. The number of fused-ring (bicyclic) bond motifs is 2. The summed E-state index contributed by atoms with van der Waals surface area (Å²) >= 11 is 0. The summed E-state index contributed by atoms with van der Waals surface area (Å²) in [5.41, 5.74) is -2.47. The number of hydrogen-bond acceptors (Lipinski definition) is 8. The summed E-state index contributed by atoms with van der Waals surface area (Å²) in [5.74, 6) is -4.02. The van der Waals surface area contributed by atoms with Crippen LogP contribution in [0.3, 0.4) is 0 Å². The number of carbonyl (C=O) groups excluding carboxylic acids is 3. The van der Waals surface area contributed by atoms with Gasteiger partial charge in [0, 0.05) is 16.9 Å². The minimum Gasteiger partial charge on any atom is -0.461 e. The van der Waals surface area contributed by atoms with E-state index in [1.54, 1.807) is 41.5 Å². The molecule has 3 aliphatic rings. The van der Waals surface area contributed by atoms with Crippen LogP contribution in [0.25, 0.3) is 0 Å². The minimum absolute atomic E-state index is 0.102. The van der Waals surface area contributed by atoms with Crippen LogP contribution >= 0.6 is 0 Å². The van der Waals surface area contributed by atoms with E-state index >= 15 is 0 Å². The first-order valence-electron chi connectivity index (χ1n) is 10.9. The fourth-order valence-corrected chi connectivity index (χ4v) is 5.53.